The molecule has 1 unspecified atom stereocenters. The number of carbonyl (C=O) groups is 4. The zero-order valence-corrected chi connectivity index (χ0v) is 12.7. The lowest BCUT2D eigenvalue weighted by Crippen LogP contribution is -2.17. The maximum atomic E-state index is 10.4. The van der Waals surface area contributed by atoms with E-state index in [0.717, 1.165) is 6.07 Å². The van der Waals surface area contributed by atoms with E-state index in [1.54, 1.807) is 0 Å². The molecule has 0 saturated heterocycles. The highest BCUT2D eigenvalue weighted by Crippen LogP contribution is 2.06. The molecule has 0 spiro atoms. The van der Waals surface area contributed by atoms with Crippen molar-refractivity contribution in [2.75, 3.05) is 6.61 Å². The molecule has 0 amide bonds. The zero-order chi connectivity index (χ0) is 19.6. The second kappa shape index (κ2) is 10.5. The van der Waals surface area contributed by atoms with Crippen LogP contribution in [-0.4, -0.2) is 67.2 Å². The molecular formula is C15H16O10. The van der Waals surface area contributed by atoms with E-state index in [1.165, 1.54) is 18.2 Å². The number of aliphatic hydroxyl groups is 2. The van der Waals surface area contributed by atoms with E-state index in [0.29, 0.717) is 6.08 Å². The Hall–Kier alpha value is -3.24. The van der Waals surface area contributed by atoms with E-state index in [2.05, 4.69) is 0 Å². The molecule has 0 bridgehead atoms. The molecule has 25 heavy (non-hydrogen) atoms. The van der Waals surface area contributed by atoms with Crippen LogP contribution < -0.4 is 0 Å². The summed E-state index contributed by atoms with van der Waals surface area (Å²) in [5.74, 6) is -5.08. The summed E-state index contributed by atoms with van der Waals surface area (Å²) in [5.41, 5.74) is -0.487. The van der Waals surface area contributed by atoms with Gasteiger partial charge in [0, 0.05) is 18.1 Å². The van der Waals surface area contributed by atoms with Gasteiger partial charge in [-0.15, -0.1) is 0 Å². The highest BCUT2D eigenvalue weighted by Gasteiger charge is 2.14. The van der Waals surface area contributed by atoms with Crippen molar-refractivity contribution in [3.63, 3.8) is 0 Å². The van der Waals surface area contributed by atoms with Gasteiger partial charge in [-0.05, 0) is 18.2 Å². The van der Waals surface area contributed by atoms with Crippen LogP contribution in [-0.2, 0) is 9.59 Å². The molecule has 0 aliphatic rings. The summed E-state index contributed by atoms with van der Waals surface area (Å²) < 4.78 is 0. The molecule has 6 N–H and O–H groups in total. The standard InChI is InChI=1S/C8H6O4.C7H10O6/c9-7(10)5-2-1-3-6(4-5)8(11)12;8-3-5(9)1-4(7(12)13)2-6(10)11/h1-4H,(H,9,10)(H,11,12);2,5,8-9H,1,3H2,(H,10,11)(H,12,13)/b;4-2-. The summed E-state index contributed by atoms with van der Waals surface area (Å²) in [5, 5.41) is 50.9. The summed E-state index contributed by atoms with van der Waals surface area (Å²) in [6.45, 7) is -0.607. The Morgan fingerprint density at radius 3 is 1.76 bits per heavy atom. The number of rotatable bonds is 7. The minimum absolute atomic E-state index is 0.0186. The van der Waals surface area contributed by atoms with Crippen molar-refractivity contribution < 1.29 is 49.8 Å². The van der Waals surface area contributed by atoms with Gasteiger partial charge in [0.15, 0.2) is 0 Å². The maximum absolute atomic E-state index is 10.4. The Bertz CT molecular complexity index is 647. The van der Waals surface area contributed by atoms with Crippen molar-refractivity contribution in [1.82, 2.24) is 0 Å². The Kier molecular flexibility index (Phi) is 9.16. The van der Waals surface area contributed by atoms with Crippen LogP contribution in [0.25, 0.3) is 0 Å². The second-order valence-electron chi connectivity index (χ2n) is 4.54. The number of carboxylic acids is 4. The third-order valence-corrected chi connectivity index (χ3v) is 2.60. The zero-order valence-electron chi connectivity index (χ0n) is 12.7. The van der Waals surface area contributed by atoms with Crippen molar-refractivity contribution in [2.24, 2.45) is 0 Å². The van der Waals surface area contributed by atoms with Gasteiger partial charge in [0.1, 0.15) is 0 Å². The normalized spacial score (nSPS) is 11.7. The number of aliphatic carboxylic acids is 2. The van der Waals surface area contributed by atoms with Gasteiger partial charge in [-0.3, -0.25) is 0 Å². The van der Waals surface area contributed by atoms with Crippen LogP contribution in [0.3, 0.4) is 0 Å². The minimum atomic E-state index is -1.42. The molecule has 1 atom stereocenters. The number of hydrogen-bond acceptors (Lipinski definition) is 6. The first-order valence-corrected chi connectivity index (χ1v) is 6.60. The molecule has 0 radical (unpaired) electrons. The topological polar surface area (TPSA) is 190 Å². The fraction of sp³-hybridized carbons (Fsp3) is 0.200. The van der Waals surface area contributed by atoms with Gasteiger partial charge in [0.05, 0.1) is 23.8 Å². The molecule has 10 heteroatoms. The van der Waals surface area contributed by atoms with Crippen LogP contribution in [0, 0.1) is 0 Å². The number of aliphatic hydroxyl groups excluding tert-OH is 2. The molecular weight excluding hydrogens is 340 g/mol. The van der Waals surface area contributed by atoms with Crippen molar-refractivity contribution in [2.45, 2.75) is 12.5 Å². The smallest absolute Gasteiger partial charge is 0.335 e. The van der Waals surface area contributed by atoms with Crippen molar-refractivity contribution in [3.05, 3.63) is 47.0 Å². The molecule has 0 heterocycles. The molecule has 136 valence electrons. The minimum Gasteiger partial charge on any atom is -0.478 e. The largest absolute Gasteiger partial charge is 0.478 e. The lowest BCUT2D eigenvalue weighted by atomic mass is 10.1. The molecule has 0 aromatic heterocycles. The Morgan fingerprint density at radius 1 is 0.960 bits per heavy atom. The second-order valence-corrected chi connectivity index (χ2v) is 4.54. The van der Waals surface area contributed by atoms with Gasteiger partial charge in [-0.2, -0.15) is 0 Å². The molecule has 0 aliphatic heterocycles. The van der Waals surface area contributed by atoms with Crippen molar-refractivity contribution >= 4 is 23.9 Å². The lowest BCUT2D eigenvalue weighted by Gasteiger charge is -2.06. The number of benzene rings is 1. The van der Waals surface area contributed by atoms with E-state index in [-0.39, 0.29) is 11.1 Å². The number of aromatic carboxylic acids is 2. The van der Waals surface area contributed by atoms with Crippen LogP contribution >= 0.6 is 0 Å². The summed E-state index contributed by atoms with van der Waals surface area (Å²) >= 11 is 0. The lowest BCUT2D eigenvalue weighted by molar-refractivity contribution is -0.135. The summed E-state index contributed by atoms with van der Waals surface area (Å²) in [4.78, 5) is 41.2. The third-order valence-electron chi connectivity index (χ3n) is 2.60. The fourth-order valence-corrected chi connectivity index (χ4v) is 1.46. The quantitative estimate of drug-likeness (QED) is 0.360. The Balaban J connectivity index is 0.000000462. The van der Waals surface area contributed by atoms with Crippen LogP contribution in [0.15, 0.2) is 35.9 Å². The van der Waals surface area contributed by atoms with Crippen LogP contribution in [0.4, 0.5) is 0 Å². The SMILES string of the molecule is O=C(O)/C=C(/CC(O)CO)C(=O)O.O=C(O)c1cccc(C(=O)O)c1. The van der Waals surface area contributed by atoms with Crippen molar-refractivity contribution in [1.29, 1.82) is 0 Å². The summed E-state index contributed by atoms with van der Waals surface area (Å²) in [7, 11) is 0. The average Bonchev–Trinajstić information content (AvgIpc) is 2.54. The molecule has 10 nitrogen and oxygen atoms in total. The van der Waals surface area contributed by atoms with E-state index >= 15 is 0 Å². The maximum Gasteiger partial charge on any atom is 0.335 e. The molecule has 0 fully saturated rings. The first-order valence-electron chi connectivity index (χ1n) is 6.60. The molecule has 1 rings (SSSR count). The highest BCUT2D eigenvalue weighted by molar-refractivity contribution is 5.94. The predicted octanol–water partition coefficient (Wildman–Crippen LogP) is -0.0917. The van der Waals surface area contributed by atoms with Crippen LogP contribution in [0.1, 0.15) is 27.1 Å². The first-order chi connectivity index (χ1) is 11.6. The van der Waals surface area contributed by atoms with E-state index in [1.807, 2.05) is 0 Å². The van der Waals surface area contributed by atoms with Gasteiger partial charge in [-0.1, -0.05) is 6.07 Å². The number of carboxylic acid groups (broad SMARTS) is 4. The van der Waals surface area contributed by atoms with Crippen LogP contribution in [0.5, 0.6) is 0 Å². The predicted molar refractivity (Wildman–Crippen MR) is 81.4 cm³/mol. The van der Waals surface area contributed by atoms with Gasteiger partial charge in [-0.25, -0.2) is 19.2 Å². The summed E-state index contributed by atoms with van der Waals surface area (Å²) in [6, 6.07) is 5.20. The number of hydrogen-bond donors (Lipinski definition) is 6. The van der Waals surface area contributed by atoms with Gasteiger partial charge in [0.25, 0.3) is 0 Å². The first kappa shape index (κ1) is 21.8. The molecule has 1 aromatic rings. The third kappa shape index (κ3) is 8.83. The molecule has 0 saturated carbocycles. The van der Waals surface area contributed by atoms with E-state index in [9.17, 15) is 19.2 Å². The van der Waals surface area contributed by atoms with E-state index in [4.69, 9.17) is 30.6 Å². The van der Waals surface area contributed by atoms with Crippen molar-refractivity contribution in [3.8, 4) is 0 Å². The van der Waals surface area contributed by atoms with E-state index < -0.39 is 48.6 Å². The highest BCUT2D eigenvalue weighted by atomic mass is 16.4. The van der Waals surface area contributed by atoms with Gasteiger partial charge >= 0.3 is 23.9 Å². The molecule has 0 aliphatic carbocycles. The van der Waals surface area contributed by atoms with Gasteiger partial charge in [0.2, 0.25) is 0 Å². The fourth-order valence-electron chi connectivity index (χ4n) is 1.46. The Labute approximate surface area is 140 Å². The average molecular weight is 356 g/mol. The Morgan fingerprint density at radius 2 is 1.44 bits per heavy atom. The monoisotopic (exact) mass is 356 g/mol. The molecule has 1 aromatic carbocycles. The summed E-state index contributed by atoms with van der Waals surface area (Å²) in [6.07, 6.45) is -1.15. The van der Waals surface area contributed by atoms with Gasteiger partial charge < -0.3 is 30.6 Å². The van der Waals surface area contributed by atoms with Crippen LogP contribution in [0.2, 0.25) is 0 Å².